The van der Waals surface area contributed by atoms with E-state index in [-0.39, 0.29) is 0 Å². The Kier molecular flexibility index (Phi) is 3.84. The van der Waals surface area contributed by atoms with E-state index in [1.165, 1.54) is 0 Å². The summed E-state index contributed by atoms with van der Waals surface area (Å²) in [4.78, 5) is 0. The SMILES string of the molecule is CCOc1ccc(C)cc1C(O)c1ccc2c(c1)CCO2. The lowest BCUT2D eigenvalue weighted by Crippen LogP contribution is -2.05. The van der Waals surface area contributed by atoms with Gasteiger partial charge in [-0.15, -0.1) is 0 Å². The van der Waals surface area contributed by atoms with E-state index < -0.39 is 6.10 Å². The summed E-state index contributed by atoms with van der Waals surface area (Å²) in [6.45, 7) is 5.27. The molecule has 0 saturated carbocycles. The maximum Gasteiger partial charge on any atom is 0.125 e. The number of fused-ring (bicyclic) bond motifs is 1. The zero-order chi connectivity index (χ0) is 14.8. The largest absolute Gasteiger partial charge is 0.493 e. The molecule has 0 radical (unpaired) electrons. The van der Waals surface area contributed by atoms with Crippen LogP contribution < -0.4 is 9.47 Å². The molecule has 3 rings (SSSR count). The molecular formula is C18H20O3. The first-order chi connectivity index (χ1) is 10.2. The average Bonchev–Trinajstić information content (AvgIpc) is 2.96. The van der Waals surface area contributed by atoms with Crippen molar-refractivity contribution in [1.82, 2.24) is 0 Å². The molecule has 0 spiro atoms. The molecule has 0 aromatic heterocycles. The van der Waals surface area contributed by atoms with Crippen molar-refractivity contribution >= 4 is 0 Å². The third-order valence-electron chi connectivity index (χ3n) is 3.79. The van der Waals surface area contributed by atoms with Crippen LogP contribution in [0.1, 0.15) is 35.3 Å². The Bertz CT molecular complexity index is 649. The van der Waals surface area contributed by atoms with Crippen molar-refractivity contribution < 1.29 is 14.6 Å². The first-order valence-electron chi connectivity index (χ1n) is 7.36. The molecule has 0 bridgehead atoms. The van der Waals surface area contributed by atoms with Gasteiger partial charge in [0.25, 0.3) is 0 Å². The van der Waals surface area contributed by atoms with Gasteiger partial charge in [-0.25, -0.2) is 0 Å². The second-order valence-corrected chi connectivity index (χ2v) is 5.34. The van der Waals surface area contributed by atoms with Gasteiger partial charge in [0.2, 0.25) is 0 Å². The molecule has 1 aliphatic heterocycles. The van der Waals surface area contributed by atoms with Crippen LogP contribution in [0, 0.1) is 6.92 Å². The Balaban J connectivity index is 1.97. The van der Waals surface area contributed by atoms with Crippen molar-refractivity contribution in [3.8, 4) is 11.5 Å². The van der Waals surface area contributed by atoms with E-state index in [0.717, 1.165) is 46.8 Å². The molecule has 21 heavy (non-hydrogen) atoms. The van der Waals surface area contributed by atoms with E-state index in [9.17, 15) is 5.11 Å². The van der Waals surface area contributed by atoms with Crippen LogP contribution in [0.25, 0.3) is 0 Å². The van der Waals surface area contributed by atoms with Crippen LogP contribution in [0.4, 0.5) is 0 Å². The van der Waals surface area contributed by atoms with Gasteiger partial charge in [0.15, 0.2) is 0 Å². The van der Waals surface area contributed by atoms with Gasteiger partial charge in [-0.3, -0.25) is 0 Å². The predicted octanol–water partition coefficient (Wildman–Crippen LogP) is 3.41. The first kappa shape index (κ1) is 14.0. The quantitative estimate of drug-likeness (QED) is 0.935. The fourth-order valence-corrected chi connectivity index (χ4v) is 2.72. The molecule has 0 fully saturated rings. The van der Waals surface area contributed by atoms with Crippen LogP contribution in [0.5, 0.6) is 11.5 Å². The summed E-state index contributed by atoms with van der Waals surface area (Å²) in [6, 6.07) is 11.8. The zero-order valence-electron chi connectivity index (χ0n) is 12.4. The molecule has 1 unspecified atom stereocenters. The molecule has 1 atom stereocenters. The van der Waals surface area contributed by atoms with Crippen molar-refractivity contribution in [2.24, 2.45) is 0 Å². The highest BCUT2D eigenvalue weighted by Gasteiger charge is 2.19. The lowest BCUT2D eigenvalue weighted by Gasteiger charge is -2.17. The van der Waals surface area contributed by atoms with E-state index >= 15 is 0 Å². The summed E-state index contributed by atoms with van der Waals surface area (Å²) in [5.74, 6) is 1.67. The Labute approximate surface area is 125 Å². The zero-order valence-corrected chi connectivity index (χ0v) is 12.4. The molecule has 2 aromatic carbocycles. The summed E-state index contributed by atoms with van der Waals surface area (Å²) in [6.07, 6.45) is 0.222. The fourth-order valence-electron chi connectivity index (χ4n) is 2.72. The lowest BCUT2D eigenvalue weighted by atomic mass is 9.97. The van der Waals surface area contributed by atoms with Gasteiger partial charge in [0, 0.05) is 12.0 Å². The Morgan fingerprint density at radius 1 is 1.24 bits per heavy atom. The van der Waals surface area contributed by atoms with Crippen LogP contribution in [0.15, 0.2) is 36.4 Å². The monoisotopic (exact) mass is 284 g/mol. The van der Waals surface area contributed by atoms with Crippen molar-refractivity contribution in [2.45, 2.75) is 26.4 Å². The Morgan fingerprint density at radius 2 is 2.10 bits per heavy atom. The van der Waals surface area contributed by atoms with Gasteiger partial charge < -0.3 is 14.6 Å². The molecule has 1 aliphatic rings. The van der Waals surface area contributed by atoms with E-state index in [4.69, 9.17) is 9.47 Å². The normalized spacial score (nSPS) is 14.4. The third kappa shape index (κ3) is 2.74. The van der Waals surface area contributed by atoms with Gasteiger partial charge in [-0.1, -0.05) is 17.7 Å². The summed E-state index contributed by atoms with van der Waals surface area (Å²) in [5.41, 5.74) is 3.97. The number of hydrogen-bond acceptors (Lipinski definition) is 3. The fraction of sp³-hybridized carbons (Fsp3) is 0.333. The average molecular weight is 284 g/mol. The molecule has 0 aliphatic carbocycles. The van der Waals surface area contributed by atoms with E-state index in [0.29, 0.717) is 6.61 Å². The lowest BCUT2D eigenvalue weighted by molar-refractivity contribution is 0.211. The number of aliphatic hydroxyl groups is 1. The van der Waals surface area contributed by atoms with Crippen LogP contribution in [-0.4, -0.2) is 18.3 Å². The first-order valence-corrected chi connectivity index (χ1v) is 7.36. The minimum absolute atomic E-state index is 0.584. The highest BCUT2D eigenvalue weighted by Crippen LogP contribution is 2.34. The van der Waals surface area contributed by atoms with Gasteiger partial charge in [0.05, 0.1) is 13.2 Å². The Hall–Kier alpha value is -2.00. The third-order valence-corrected chi connectivity index (χ3v) is 3.79. The van der Waals surface area contributed by atoms with Gasteiger partial charge >= 0.3 is 0 Å². The molecule has 1 heterocycles. The smallest absolute Gasteiger partial charge is 0.125 e. The minimum Gasteiger partial charge on any atom is -0.493 e. The standard InChI is InChI=1S/C18H20O3/c1-3-20-17-6-4-12(2)10-15(17)18(19)14-5-7-16-13(11-14)8-9-21-16/h4-7,10-11,18-19H,3,8-9H2,1-2H3. The number of hydrogen-bond donors (Lipinski definition) is 1. The topological polar surface area (TPSA) is 38.7 Å². The molecule has 0 amide bonds. The van der Waals surface area contributed by atoms with E-state index in [1.54, 1.807) is 0 Å². The summed E-state index contributed by atoms with van der Waals surface area (Å²) < 4.78 is 11.2. The van der Waals surface area contributed by atoms with Gasteiger partial charge in [0.1, 0.15) is 17.6 Å². The molecule has 3 nitrogen and oxygen atoms in total. The second kappa shape index (κ2) is 5.78. The van der Waals surface area contributed by atoms with E-state index in [1.807, 2.05) is 50.2 Å². The molecule has 1 N–H and O–H groups in total. The van der Waals surface area contributed by atoms with Crippen molar-refractivity contribution in [2.75, 3.05) is 13.2 Å². The molecule has 0 saturated heterocycles. The van der Waals surface area contributed by atoms with Crippen LogP contribution in [-0.2, 0) is 6.42 Å². The molecular weight excluding hydrogens is 264 g/mol. The maximum atomic E-state index is 10.7. The molecule has 3 heteroatoms. The predicted molar refractivity (Wildman–Crippen MR) is 82.1 cm³/mol. The maximum absolute atomic E-state index is 10.7. The van der Waals surface area contributed by atoms with Gasteiger partial charge in [-0.2, -0.15) is 0 Å². The molecule has 110 valence electrons. The molecule has 2 aromatic rings. The van der Waals surface area contributed by atoms with Crippen molar-refractivity contribution in [3.05, 3.63) is 58.7 Å². The number of aryl methyl sites for hydroxylation is 1. The highest BCUT2D eigenvalue weighted by molar-refractivity contribution is 5.46. The van der Waals surface area contributed by atoms with Crippen LogP contribution in [0.3, 0.4) is 0 Å². The van der Waals surface area contributed by atoms with Crippen molar-refractivity contribution in [3.63, 3.8) is 0 Å². The second-order valence-electron chi connectivity index (χ2n) is 5.34. The number of ether oxygens (including phenoxy) is 2. The number of rotatable bonds is 4. The number of aliphatic hydroxyl groups excluding tert-OH is 1. The number of benzene rings is 2. The van der Waals surface area contributed by atoms with Crippen LogP contribution in [0.2, 0.25) is 0 Å². The van der Waals surface area contributed by atoms with Crippen LogP contribution >= 0.6 is 0 Å². The highest BCUT2D eigenvalue weighted by atomic mass is 16.5. The summed E-state index contributed by atoms with van der Waals surface area (Å²) in [7, 11) is 0. The summed E-state index contributed by atoms with van der Waals surface area (Å²) in [5, 5.41) is 10.7. The van der Waals surface area contributed by atoms with E-state index in [2.05, 4.69) is 0 Å². The minimum atomic E-state index is -0.683. The summed E-state index contributed by atoms with van der Waals surface area (Å²) >= 11 is 0. The van der Waals surface area contributed by atoms with Crippen molar-refractivity contribution in [1.29, 1.82) is 0 Å². The Morgan fingerprint density at radius 3 is 2.90 bits per heavy atom. The van der Waals surface area contributed by atoms with Gasteiger partial charge in [-0.05, 0) is 49.2 Å².